The third-order valence-corrected chi connectivity index (χ3v) is 6.04. The van der Waals surface area contributed by atoms with Crippen LogP contribution in [0.4, 0.5) is 0 Å². The van der Waals surface area contributed by atoms with E-state index in [4.69, 9.17) is 18.6 Å². The zero-order valence-electron chi connectivity index (χ0n) is 19.5. The van der Waals surface area contributed by atoms with Crippen molar-refractivity contribution < 1.29 is 23.4 Å². The minimum atomic E-state index is -0.414. The SMILES string of the molecule is CCOC(=O)CCc1c(C)c2cc3c(c(C)c2oc1=O)OCN(Cc1cccc(OC)c1)C3. The Bertz CT molecular complexity index is 1250. The van der Waals surface area contributed by atoms with Gasteiger partial charge in [0, 0.05) is 41.6 Å². The molecule has 1 aromatic heterocycles. The van der Waals surface area contributed by atoms with Gasteiger partial charge in [-0.2, -0.15) is 0 Å². The first-order valence-corrected chi connectivity index (χ1v) is 11.1. The molecule has 3 aromatic rings. The fourth-order valence-corrected chi connectivity index (χ4v) is 4.37. The number of esters is 1. The van der Waals surface area contributed by atoms with Crippen LogP contribution in [0, 0.1) is 13.8 Å². The minimum Gasteiger partial charge on any atom is -0.497 e. The maximum absolute atomic E-state index is 12.7. The first-order valence-electron chi connectivity index (χ1n) is 11.1. The molecule has 1 aliphatic heterocycles. The first kappa shape index (κ1) is 22.9. The van der Waals surface area contributed by atoms with Gasteiger partial charge in [-0.3, -0.25) is 9.69 Å². The molecule has 0 fully saturated rings. The van der Waals surface area contributed by atoms with E-state index in [1.54, 1.807) is 14.0 Å². The van der Waals surface area contributed by atoms with E-state index in [0.717, 1.165) is 45.7 Å². The lowest BCUT2D eigenvalue weighted by atomic mass is 9.97. The standard InChI is InChI=1S/C26H29NO6/c1-5-31-23(28)10-9-21-16(2)22-12-19-14-27(13-18-7-6-8-20(11-18)30-4)15-32-24(19)17(3)25(22)33-26(21)29/h6-8,11-12H,5,9-10,13-15H2,1-4H3. The number of benzene rings is 2. The molecule has 0 N–H and O–H groups in total. The first-order chi connectivity index (χ1) is 15.9. The molecular formula is C26H29NO6. The summed E-state index contributed by atoms with van der Waals surface area (Å²) in [6, 6.07) is 10.0. The van der Waals surface area contributed by atoms with Crippen molar-refractivity contribution in [2.75, 3.05) is 20.4 Å². The lowest BCUT2D eigenvalue weighted by Gasteiger charge is -2.30. The molecule has 0 atom stereocenters. The van der Waals surface area contributed by atoms with Crippen molar-refractivity contribution in [2.24, 2.45) is 0 Å². The number of rotatable bonds is 7. The van der Waals surface area contributed by atoms with Gasteiger partial charge in [0.25, 0.3) is 0 Å². The highest BCUT2D eigenvalue weighted by atomic mass is 16.5. The number of aryl methyl sites for hydroxylation is 2. The van der Waals surface area contributed by atoms with Crippen molar-refractivity contribution in [3.63, 3.8) is 0 Å². The van der Waals surface area contributed by atoms with Crippen molar-refractivity contribution >= 4 is 16.9 Å². The Hall–Kier alpha value is -3.32. The van der Waals surface area contributed by atoms with E-state index in [0.29, 0.717) is 31.0 Å². The van der Waals surface area contributed by atoms with Crippen molar-refractivity contribution in [2.45, 2.75) is 46.7 Å². The Kier molecular flexibility index (Phi) is 6.70. The molecule has 0 spiro atoms. The third-order valence-electron chi connectivity index (χ3n) is 6.04. The highest BCUT2D eigenvalue weighted by molar-refractivity contribution is 5.87. The molecule has 7 nitrogen and oxygen atoms in total. The van der Waals surface area contributed by atoms with E-state index < -0.39 is 5.63 Å². The second-order valence-electron chi connectivity index (χ2n) is 8.28. The zero-order valence-corrected chi connectivity index (χ0v) is 19.5. The fourth-order valence-electron chi connectivity index (χ4n) is 4.37. The number of hydrogen-bond acceptors (Lipinski definition) is 7. The van der Waals surface area contributed by atoms with Crippen LogP contribution in [-0.4, -0.2) is 31.3 Å². The molecule has 2 aromatic carbocycles. The Labute approximate surface area is 192 Å². The van der Waals surface area contributed by atoms with E-state index in [9.17, 15) is 9.59 Å². The molecule has 4 rings (SSSR count). The summed E-state index contributed by atoms with van der Waals surface area (Å²) in [5.41, 5.74) is 4.48. The van der Waals surface area contributed by atoms with Crippen molar-refractivity contribution in [1.29, 1.82) is 0 Å². The minimum absolute atomic E-state index is 0.145. The van der Waals surface area contributed by atoms with Gasteiger partial charge in [-0.25, -0.2) is 4.79 Å². The molecule has 0 radical (unpaired) electrons. The summed E-state index contributed by atoms with van der Waals surface area (Å²) in [6.07, 6.45) is 0.434. The van der Waals surface area contributed by atoms with Gasteiger partial charge < -0.3 is 18.6 Å². The van der Waals surface area contributed by atoms with E-state index in [-0.39, 0.29) is 18.8 Å². The molecule has 33 heavy (non-hydrogen) atoms. The molecule has 7 heteroatoms. The van der Waals surface area contributed by atoms with Crippen LogP contribution < -0.4 is 15.1 Å². The topological polar surface area (TPSA) is 78.2 Å². The van der Waals surface area contributed by atoms with Gasteiger partial charge in [0.15, 0.2) is 0 Å². The lowest BCUT2D eigenvalue weighted by molar-refractivity contribution is -0.143. The van der Waals surface area contributed by atoms with Gasteiger partial charge in [-0.1, -0.05) is 12.1 Å². The summed E-state index contributed by atoms with van der Waals surface area (Å²) in [4.78, 5) is 26.7. The Morgan fingerprint density at radius 3 is 2.76 bits per heavy atom. The van der Waals surface area contributed by atoms with Gasteiger partial charge in [0.2, 0.25) is 0 Å². The highest BCUT2D eigenvalue weighted by Crippen LogP contribution is 2.36. The second kappa shape index (κ2) is 9.67. The molecule has 2 heterocycles. The molecule has 174 valence electrons. The largest absolute Gasteiger partial charge is 0.497 e. The fraction of sp³-hybridized carbons (Fsp3) is 0.385. The number of hydrogen-bond donors (Lipinski definition) is 0. The predicted molar refractivity (Wildman–Crippen MR) is 125 cm³/mol. The van der Waals surface area contributed by atoms with Crippen LogP contribution in [0.1, 0.15) is 41.2 Å². The van der Waals surface area contributed by atoms with Crippen molar-refractivity contribution in [3.8, 4) is 11.5 Å². The zero-order chi connectivity index (χ0) is 23.5. The van der Waals surface area contributed by atoms with Gasteiger partial charge in [-0.15, -0.1) is 0 Å². The Morgan fingerprint density at radius 2 is 2.00 bits per heavy atom. The molecule has 0 unspecified atom stereocenters. The molecule has 0 amide bonds. The van der Waals surface area contributed by atoms with E-state index in [1.807, 2.05) is 38.1 Å². The third kappa shape index (κ3) is 4.73. The highest BCUT2D eigenvalue weighted by Gasteiger charge is 2.24. The summed E-state index contributed by atoms with van der Waals surface area (Å²) in [7, 11) is 1.66. The van der Waals surface area contributed by atoms with Gasteiger partial charge in [0.05, 0.1) is 13.7 Å². The number of methoxy groups -OCH3 is 1. The number of carbonyl (C=O) groups is 1. The molecular weight excluding hydrogens is 422 g/mol. The lowest BCUT2D eigenvalue weighted by Crippen LogP contribution is -2.32. The maximum atomic E-state index is 12.7. The van der Waals surface area contributed by atoms with Gasteiger partial charge in [0.1, 0.15) is 23.8 Å². The van der Waals surface area contributed by atoms with Crippen LogP contribution in [0.3, 0.4) is 0 Å². The van der Waals surface area contributed by atoms with E-state index in [1.165, 1.54) is 0 Å². The molecule has 0 saturated heterocycles. The quantitative estimate of drug-likeness (QED) is 0.392. The van der Waals surface area contributed by atoms with Gasteiger partial charge >= 0.3 is 11.6 Å². The van der Waals surface area contributed by atoms with Crippen molar-refractivity contribution in [1.82, 2.24) is 4.90 Å². The van der Waals surface area contributed by atoms with Crippen LogP contribution in [0.25, 0.3) is 11.0 Å². The summed E-state index contributed by atoms with van der Waals surface area (Å²) >= 11 is 0. The molecule has 0 aliphatic carbocycles. The molecule has 0 saturated carbocycles. The number of ether oxygens (including phenoxy) is 3. The Balaban J connectivity index is 1.64. The smallest absolute Gasteiger partial charge is 0.339 e. The van der Waals surface area contributed by atoms with E-state index in [2.05, 4.69) is 11.0 Å². The van der Waals surface area contributed by atoms with Crippen LogP contribution in [0.5, 0.6) is 11.5 Å². The summed E-state index contributed by atoms with van der Waals surface area (Å²) in [6.45, 7) is 7.78. The van der Waals surface area contributed by atoms with Crippen LogP contribution >= 0.6 is 0 Å². The number of fused-ring (bicyclic) bond motifs is 2. The van der Waals surface area contributed by atoms with Crippen LogP contribution in [0.15, 0.2) is 39.5 Å². The maximum Gasteiger partial charge on any atom is 0.339 e. The summed E-state index contributed by atoms with van der Waals surface area (Å²) < 4.78 is 22.1. The molecule has 1 aliphatic rings. The number of nitrogens with zero attached hydrogens (tertiary/aromatic N) is 1. The normalized spacial score (nSPS) is 13.5. The predicted octanol–water partition coefficient (Wildman–Crippen LogP) is 4.27. The molecule has 0 bridgehead atoms. The van der Waals surface area contributed by atoms with E-state index >= 15 is 0 Å². The van der Waals surface area contributed by atoms with Crippen LogP contribution in [0.2, 0.25) is 0 Å². The van der Waals surface area contributed by atoms with Crippen LogP contribution in [-0.2, 0) is 29.0 Å². The summed E-state index contributed by atoms with van der Waals surface area (Å²) in [5.74, 6) is 1.28. The second-order valence-corrected chi connectivity index (χ2v) is 8.28. The average molecular weight is 452 g/mol. The van der Waals surface area contributed by atoms with Crippen molar-refractivity contribution in [3.05, 3.63) is 68.6 Å². The monoisotopic (exact) mass is 451 g/mol. The summed E-state index contributed by atoms with van der Waals surface area (Å²) in [5, 5.41) is 0.872. The Morgan fingerprint density at radius 1 is 1.18 bits per heavy atom. The number of carbonyl (C=O) groups excluding carboxylic acids is 1. The average Bonchev–Trinajstić information content (AvgIpc) is 2.80. The van der Waals surface area contributed by atoms with Gasteiger partial charge in [-0.05, 0) is 56.5 Å².